The Hall–Kier alpha value is -1.06. The zero-order chi connectivity index (χ0) is 11.5. The minimum atomic E-state index is -0.391. The van der Waals surface area contributed by atoms with Crippen LogP contribution in [0.1, 0.15) is 18.0 Å². The molecule has 0 bridgehead atoms. The quantitative estimate of drug-likeness (QED) is 0.639. The van der Waals surface area contributed by atoms with Gasteiger partial charge in [-0.15, -0.1) is 11.6 Å². The van der Waals surface area contributed by atoms with Crippen molar-refractivity contribution in [1.82, 2.24) is 4.90 Å². The number of alkyl halides is 1. The van der Waals surface area contributed by atoms with Crippen LogP contribution in [0.4, 0.5) is 0 Å². The fraction of sp³-hybridized carbons (Fsp3) is 0.417. The molecule has 1 fully saturated rings. The summed E-state index contributed by atoms with van der Waals surface area (Å²) in [7, 11) is 0. The molecule has 1 amide bonds. The third kappa shape index (κ3) is 1.93. The number of carbonyl (C=O) groups is 1. The van der Waals surface area contributed by atoms with Crippen molar-refractivity contribution in [1.29, 1.82) is 0 Å². The number of carbonyl (C=O) groups excluding carboxylic acids is 1. The first-order valence-electron chi connectivity index (χ1n) is 5.42. The lowest BCUT2D eigenvalue weighted by molar-refractivity contribution is -0.149. The van der Waals surface area contributed by atoms with Crippen molar-refractivity contribution in [3.8, 4) is 0 Å². The Morgan fingerprint density at radius 2 is 2.00 bits per heavy atom. The molecule has 2 atom stereocenters. The lowest BCUT2D eigenvalue weighted by Crippen LogP contribution is -2.63. The van der Waals surface area contributed by atoms with Crippen molar-refractivity contribution in [3.05, 3.63) is 35.9 Å². The average Bonchev–Trinajstić information content (AvgIpc) is 2.34. The number of benzene rings is 1. The lowest BCUT2D eigenvalue weighted by atomic mass is 9.89. The molecule has 0 aliphatic carbocycles. The summed E-state index contributed by atoms with van der Waals surface area (Å²) in [6.45, 7) is 0.690. The predicted molar refractivity (Wildman–Crippen MR) is 64.2 cm³/mol. The average molecular weight is 239 g/mol. The van der Waals surface area contributed by atoms with Crippen LogP contribution in [0.25, 0.3) is 0 Å². The van der Waals surface area contributed by atoms with Gasteiger partial charge < -0.3 is 10.6 Å². The molecular formula is C12H15ClN2O. The van der Waals surface area contributed by atoms with Crippen LogP contribution in [0.3, 0.4) is 0 Å². The number of hydrogen-bond donors (Lipinski definition) is 1. The van der Waals surface area contributed by atoms with Crippen molar-refractivity contribution in [2.24, 2.45) is 5.73 Å². The van der Waals surface area contributed by atoms with Crippen LogP contribution in [0.5, 0.6) is 0 Å². The molecule has 0 spiro atoms. The molecule has 1 heterocycles. The molecule has 2 rings (SSSR count). The Balaban J connectivity index is 2.11. The van der Waals surface area contributed by atoms with Crippen LogP contribution in [-0.4, -0.2) is 29.3 Å². The van der Waals surface area contributed by atoms with Crippen LogP contribution in [0, 0.1) is 0 Å². The van der Waals surface area contributed by atoms with Crippen molar-refractivity contribution in [2.75, 3.05) is 12.4 Å². The maximum atomic E-state index is 11.6. The van der Waals surface area contributed by atoms with E-state index in [1.165, 1.54) is 0 Å². The van der Waals surface area contributed by atoms with E-state index in [0.717, 1.165) is 12.0 Å². The predicted octanol–water partition coefficient (Wildman–Crippen LogP) is 1.53. The molecule has 0 unspecified atom stereocenters. The van der Waals surface area contributed by atoms with Gasteiger partial charge >= 0.3 is 0 Å². The summed E-state index contributed by atoms with van der Waals surface area (Å²) in [6.07, 6.45) is 0.809. The van der Waals surface area contributed by atoms with E-state index in [0.29, 0.717) is 12.4 Å². The molecule has 1 aromatic rings. The molecule has 2 N–H and O–H groups in total. The highest BCUT2D eigenvalue weighted by molar-refractivity contribution is 6.17. The van der Waals surface area contributed by atoms with Crippen molar-refractivity contribution in [2.45, 2.75) is 18.5 Å². The second-order valence-corrected chi connectivity index (χ2v) is 4.33. The van der Waals surface area contributed by atoms with E-state index in [-0.39, 0.29) is 11.9 Å². The Labute approximate surface area is 100 Å². The molecule has 16 heavy (non-hydrogen) atoms. The highest BCUT2D eigenvalue weighted by Crippen LogP contribution is 2.33. The zero-order valence-electron chi connectivity index (χ0n) is 8.97. The second kappa shape index (κ2) is 4.85. The Bertz CT molecular complexity index is 369. The zero-order valence-corrected chi connectivity index (χ0v) is 9.73. The topological polar surface area (TPSA) is 46.3 Å². The summed E-state index contributed by atoms with van der Waals surface area (Å²) in [5.41, 5.74) is 6.94. The van der Waals surface area contributed by atoms with Gasteiger partial charge in [-0.1, -0.05) is 30.3 Å². The summed E-state index contributed by atoms with van der Waals surface area (Å²) >= 11 is 5.64. The van der Waals surface area contributed by atoms with E-state index < -0.39 is 6.04 Å². The first-order valence-corrected chi connectivity index (χ1v) is 5.96. The van der Waals surface area contributed by atoms with Gasteiger partial charge in [0.15, 0.2) is 0 Å². The van der Waals surface area contributed by atoms with Gasteiger partial charge in [0, 0.05) is 12.4 Å². The fourth-order valence-corrected chi connectivity index (χ4v) is 2.21. The maximum Gasteiger partial charge on any atom is 0.242 e. The molecule has 1 saturated heterocycles. The van der Waals surface area contributed by atoms with Crippen LogP contribution in [0.15, 0.2) is 30.3 Å². The van der Waals surface area contributed by atoms with Gasteiger partial charge in [-0.05, 0) is 12.0 Å². The number of hydrogen-bond acceptors (Lipinski definition) is 2. The summed E-state index contributed by atoms with van der Waals surface area (Å²) in [5, 5.41) is 0. The molecule has 0 radical (unpaired) electrons. The van der Waals surface area contributed by atoms with Gasteiger partial charge in [-0.25, -0.2) is 0 Å². The third-order valence-corrected chi connectivity index (χ3v) is 3.19. The molecule has 0 aromatic heterocycles. The molecule has 4 heteroatoms. The molecule has 1 aliphatic rings. The molecule has 3 nitrogen and oxygen atoms in total. The van der Waals surface area contributed by atoms with Gasteiger partial charge in [0.05, 0.1) is 6.04 Å². The molecule has 1 aliphatic heterocycles. The standard InChI is InChI=1S/C12H15ClN2O/c13-7-4-8-15-11(10(14)12(15)16)9-5-2-1-3-6-9/h1-3,5-6,10-11H,4,7-8,14H2/t10-,11+/m0/s1. The molecule has 86 valence electrons. The van der Waals surface area contributed by atoms with Gasteiger partial charge in [-0.3, -0.25) is 4.79 Å². The number of nitrogens with two attached hydrogens (primary N) is 1. The maximum absolute atomic E-state index is 11.6. The third-order valence-electron chi connectivity index (χ3n) is 2.92. The summed E-state index contributed by atoms with van der Waals surface area (Å²) in [4.78, 5) is 13.4. The Kier molecular flexibility index (Phi) is 3.46. The summed E-state index contributed by atoms with van der Waals surface area (Å²) < 4.78 is 0. The number of nitrogens with zero attached hydrogens (tertiary/aromatic N) is 1. The van der Waals surface area contributed by atoms with Gasteiger partial charge in [0.25, 0.3) is 0 Å². The van der Waals surface area contributed by atoms with Crippen molar-refractivity contribution in [3.63, 3.8) is 0 Å². The van der Waals surface area contributed by atoms with E-state index in [2.05, 4.69) is 0 Å². The fourth-order valence-electron chi connectivity index (χ4n) is 2.09. The minimum Gasteiger partial charge on any atom is -0.332 e. The SMILES string of the molecule is N[C@@H]1C(=O)N(CCCCl)[C@@H]1c1ccccc1. The van der Waals surface area contributed by atoms with E-state index in [1.807, 2.05) is 35.2 Å². The van der Waals surface area contributed by atoms with Crippen molar-refractivity contribution >= 4 is 17.5 Å². The van der Waals surface area contributed by atoms with Crippen LogP contribution < -0.4 is 5.73 Å². The number of amides is 1. The number of halogens is 1. The van der Waals surface area contributed by atoms with E-state index in [4.69, 9.17) is 17.3 Å². The molecule has 1 aromatic carbocycles. The van der Waals surface area contributed by atoms with Crippen LogP contribution in [0.2, 0.25) is 0 Å². The van der Waals surface area contributed by atoms with Crippen LogP contribution >= 0.6 is 11.6 Å². The smallest absolute Gasteiger partial charge is 0.242 e. The number of rotatable bonds is 4. The normalized spacial score (nSPS) is 24.4. The van der Waals surface area contributed by atoms with Gasteiger partial charge in [0.1, 0.15) is 6.04 Å². The monoisotopic (exact) mass is 238 g/mol. The second-order valence-electron chi connectivity index (χ2n) is 3.96. The number of β-lactam (4-membered cyclic amide) rings is 1. The number of likely N-dealkylation sites (tertiary alicyclic amines) is 1. The van der Waals surface area contributed by atoms with E-state index >= 15 is 0 Å². The first-order chi connectivity index (χ1) is 7.75. The highest BCUT2D eigenvalue weighted by Gasteiger charge is 2.44. The lowest BCUT2D eigenvalue weighted by Gasteiger charge is -2.45. The van der Waals surface area contributed by atoms with Gasteiger partial charge in [-0.2, -0.15) is 0 Å². The molecular weight excluding hydrogens is 224 g/mol. The highest BCUT2D eigenvalue weighted by atomic mass is 35.5. The summed E-state index contributed by atoms with van der Waals surface area (Å²) in [5.74, 6) is 0.597. The molecule has 0 saturated carbocycles. The van der Waals surface area contributed by atoms with E-state index in [9.17, 15) is 4.79 Å². The van der Waals surface area contributed by atoms with Crippen LogP contribution in [-0.2, 0) is 4.79 Å². The van der Waals surface area contributed by atoms with Gasteiger partial charge in [0.2, 0.25) is 5.91 Å². The first kappa shape index (κ1) is 11.4. The minimum absolute atomic E-state index is 0.0249. The summed E-state index contributed by atoms with van der Waals surface area (Å²) in [6, 6.07) is 9.53. The Morgan fingerprint density at radius 3 is 2.62 bits per heavy atom. The largest absolute Gasteiger partial charge is 0.332 e. The van der Waals surface area contributed by atoms with E-state index in [1.54, 1.807) is 0 Å². The van der Waals surface area contributed by atoms with Crippen molar-refractivity contribution < 1.29 is 4.79 Å². The Morgan fingerprint density at radius 1 is 1.31 bits per heavy atom.